The lowest BCUT2D eigenvalue weighted by molar-refractivity contribution is 0.108. The van der Waals surface area contributed by atoms with Crippen molar-refractivity contribution in [1.29, 1.82) is 0 Å². The molecule has 0 saturated heterocycles. The molecule has 0 aromatic rings. The normalized spacial score (nSPS) is 14.7. The maximum atomic E-state index is 10.0. The first-order chi connectivity index (χ1) is 8.72. The number of aliphatic hydroxyl groups is 1. The molecule has 0 spiro atoms. The SMILES string of the molecule is CCCCCC[CH]CC(O)C(C)CCCCCC. The van der Waals surface area contributed by atoms with Crippen molar-refractivity contribution in [3.8, 4) is 0 Å². The van der Waals surface area contributed by atoms with E-state index in [4.69, 9.17) is 0 Å². The van der Waals surface area contributed by atoms with Gasteiger partial charge in [-0.05, 0) is 25.2 Å². The number of hydrogen-bond acceptors (Lipinski definition) is 1. The summed E-state index contributed by atoms with van der Waals surface area (Å²) in [6.45, 7) is 6.68. The first-order valence-corrected chi connectivity index (χ1v) is 8.22. The molecular weight excluding hydrogens is 220 g/mol. The number of aliphatic hydroxyl groups excluding tert-OH is 1. The third-order valence-electron chi connectivity index (χ3n) is 3.84. The molecule has 1 nitrogen and oxygen atoms in total. The molecule has 2 unspecified atom stereocenters. The first-order valence-electron chi connectivity index (χ1n) is 8.22. The fourth-order valence-electron chi connectivity index (χ4n) is 2.32. The van der Waals surface area contributed by atoms with Gasteiger partial charge in [0.2, 0.25) is 0 Å². The highest BCUT2D eigenvalue weighted by Crippen LogP contribution is 2.18. The van der Waals surface area contributed by atoms with E-state index in [1.807, 2.05) is 0 Å². The molecule has 0 heterocycles. The lowest BCUT2D eigenvalue weighted by Gasteiger charge is -2.18. The van der Waals surface area contributed by atoms with Crippen molar-refractivity contribution in [3.05, 3.63) is 6.42 Å². The Hall–Kier alpha value is -0.0400. The van der Waals surface area contributed by atoms with Gasteiger partial charge in [-0.15, -0.1) is 0 Å². The summed E-state index contributed by atoms with van der Waals surface area (Å²) < 4.78 is 0. The fourth-order valence-corrected chi connectivity index (χ4v) is 2.32. The molecule has 0 fully saturated rings. The van der Waals surface area contributed by atoms with Gasteiger partial charge in [0.1, 0.15) is 0 Å². The van der Waals surface area contributed by atoms with Gasteiger partial charge in [-0.3, -0.25) is 0 Å². The Balaban J connectivity index is 3.35. The molecule has 0 saturated carbocycles. The summed E-state index contributed by atoms with van der Waals surface area (Å²) in [6.07, 6.45) is 16.0. The second-order valence-electron chi connectivity index (χ2n) is 5.77. The summed E-state index contributed by atoms with van der Waals surface area (Å²) in [4.78, 5) is 0. The van der Waals surface area contributed by atoms with Crippen molar-refractivity contribution in [1.82, 2.24) is 0 Å². The third-order valence-corrected chi connectivity index (χ3v) is 3.84. The van der Waals surface area contributed by atoms with E-state index < -0.39 is 0 Å². The Labute approximate surface area is 115 Å². The molecule has 18 heavy (non-hydrogen) atoms. The standard InChI is InChI=1S/C17H35O/c1-4-6-8-10-11-13-15-17(18)16(3)14-12-9-7-5-2/h13,16-18H,4-12,14-15H2,1-3H3. The number of rotatable bonds is 13. The second kappa shape index (κ2) is 13.4. The molecule has 1 N–H and O–H groups in total. The van der Waals surface area contributed by atoms with Gasteiger partial charge in [-0.2, -0.15) is 0 Å². The van der Waals surface area contributed by atoms with Gasteiger partial charge >= 0.3 is 0 Å². The van der Waals surface area contributed by atoms with E-state index in [-0.39, 0.29) is 6.10 Å². The van der Waals surface area contributed by atoms with Crippen molar-refractivity contribution >= 4 is 0 Å². The Morgan fingerprint density at radius 2 is 1.50 bits per heavy atom. The molecule has 0 rings (SSSR count). The fraction of sp³-hybridized carbons (Fsp3) is 0.941. The van der Waals surface area contributed by atoms with Gasteiger partial charge in [0, 0.05) is 0 Å². The molecule has 0 bridgehead atoms. The summed E-state index contributed by atoms with van der Waals surface area (Å²) >= 11 is 0. The Morgan fingerprint density at radius 3 is 2.11 bits per heavy atom. The maximum Gasteiger partial charge on any atom is 0.0568 e. The molecule has 0 aliphatic carbocycles. The summed E-state index contributed by atoms with van der Waals surface area (Å²) in [5, 5.41) is 10.0. The highest BCUT2D eigenvalue weighted by molar-refractivity contribution is 4.74. The van der Waals surface area contributed by atoms with E-state index in [1.165, 1.54) is 64.2 Å². The monoisotopic (exact) mass is 255 g/mol. The van der Waals surface area contributed by atoms with E-state index in [1.54, 1.807) is 0 Å². The van der Waals surface area contributed by atoms with Gasteiger partial charge in [0.15, 0.2) is 0 Å². The van der Waals surface area contributed by atoms with E-state index in [9.17, 15) is 5.11 Å². The molecule has 0 aromatic carbocycles. The van der Waals surface area contributed by atoms with Gasteiger partial charge < -0.3 is 5.11 Å². The van der Waals surface area contributed by atoms with Crippen LogP contribution in [0.25, 0.3) is 0 Å². The Bertz CT molecular complexity index is 156. The molecule has 0 amide bonds. The molecule has 2 atom stereocenters. The van der Waals surface area contributed by atoms with Crippen LogP contribution in [0, 0.1) is 12.3 Å². The Kier molecular flexibility index (Phi) is 13.4. The zero-order chi connectivity index (χ0) is 13.6. The van der Waals surface area contributed by atoms with Crippen LogP contribution in [0.5, 0.6) is 0 Å². The van der Waals surface area contributed by atoms with Crippen molar-refractivity contribution in [2.24, 2.45) is 5.92 Å². The van der Waals surface area contributed by atoms with Crippen LogP contribution in [0.1, 0.15) is 91.4 Å². The predicted molar refractivity (Wildman–Crippen MR) is 81.6 cm³/mol. The quantitative estimate of drug-likeness (QED) is 0.430. The van der Waals surface area contributed by atoms with Crippen LogP contribution in [0.2, 0.25) is 0 Å². The smallest absolute Gasteiger partial charge is 0.0568 e. The molecule has 109 valence electrons. The Morgan fingerprint density at radius 1 is 0.889 bits per heavy atom. The van der Waals surface area contributed by atoms with E-state index in [0.29, 0.717) is 5.92 Å². The van der Waals surface area contributed by atoms with Crippen LogP contribution in [0.4, 0.5) is 0 Å². The van der Waals surface area contributed by atoms with Crippen LogP contribution >= 0.6 is 0 Å². The lowest BCUT2D eigenvalue weighted by atomic mass is 9.93. The van der Waals surface area contributed by atoms with Gasteiger partial charge in [-0.25, -0.2) is 0 Å². The van der Waals surface area contributed by atoms with Crippen molar-refractivity contribution in [2.75, 3.05) is 0 Å². The zero-order valence-corrected chi connectivity index (χ0v) is 13.0. The van der Waals surface area contributed by atoms with Gasteiger partial charge in [0.05, 0.1) is 6.10 Å². The van der Waals surface area contributed by atoms with E-state index >= 15 is 0 Å². The summed E-state index contributed by atoms with van der Waals surface area (Å²) in [6, 6.07) is 0. The minimum absolute atomic E-state index is 0.113. The number of hydrogen-bond donors (Lipinski definition) is 1. The zero-order valence-electron chi connectivity index (χ0n) is 13.0. The van der Waals surface area contributed by atoms with Crippen LogP contribution < -0.4 is 0 Å². The highest BCUT2D eigenvalue weighted by Gasteiger charge is 2.13. The van der Waals surface area contributed by atoms with Gasteiger partial charge in [0.25, 0.3) is 0 Å². The van der Waals surface area contributed by atoms with Crippen molar-refractivity contribution in [3.63, 3.8) is 0 Å². The van der Waals surface area contributed by atoms with Crippen molar-refractivity contribution in [2.45, 2.75) is 97.5 Å². The van der Waals surface area contributed by atoms with Crippen LogP contribution in [0.3, 0.4) is 0 Å². The summed E-state index contributed by atoms with van der Waals surface area (Å²) in [7, 11) is 0. The molecule has 0 aliphatic heterocycles. The second-order valence-corrected chi connectivity index (χ2v) is 5.77. The first kappa shape index (κ1) is 18.0. The topological polar surface area (TPSA) is 20.2 Å². The molecule has 0 aromatic heterocycles. The van der Waals surface area contributed by atoms with Crippen LogP contribution in [0.15, 0.2) is 0 Å². The average molecular weight is 255 g/mol. The van der Waals surface area contributed by atoms with E-state index in [2.05, 4.69) is 27.2 Å². The predicted octanol–water partition coefficient (Wildman–Crippen LogP) is 5.52. The minimum Gasteiger partial charge on any atom is -0.393 e. The minimum atomic E-state index is -0.113. The van der Waals surface area contributed by atoms with Crippen LogP contribution in [-0.4, -0.2) is 11.2 Å². The largest absolute Gasteiger partial charge is 0.393 e. The van der Waals surface area contributed by atoms with Gasteiger partial charge in [-0.1, -0.05) is 78.6 Å². The van der Waals surface area contributed by atoms with Crippen LogP contribution in [-0.2, 0) is 0 Å². The summed E-state index contributed by atoms with van der Waals surface area (Å²) in [5.41, 5.74) is 0. The average Bonchev–Trinajstić information content (AvgIpc) is 2.38. The third kappa shape index (κ3) is 11.1. The molecule has 1 radical (unpaired) electrons. The highest BCUT2D eigenvalue weighted by atomic mass is 16.3. The summed E-state index contributed by atoms with van der Waals surface area (Å²) in [5.74, 6) is 0.466. The van der Waals surface area contributed by atoms with Crippen molar-refractivity contribution < 1.29 is 5.11 Å². The molecule has 1 heteroatoms. The maximum absolute atomic E-state index is 10.0. The molecule has 0 aliphatic rings. The van der Waals surface area contributed by atoms with E-state index in [0.717, 1.165) is 6.42 Å². The molecular formula is C17H35O. The lowest BCUT2D eigenvalue weighted by Crippen LogP contribution is -2.17. The number of unbranched alkanes of at least 4 members (excludes halogenated alkanes) is 8.